The molecule has 0 heterocycles. The van der Waals surface area contributed by atoms with Gasteiger partial charge in [-0.15, -0.1) is 12.4 Å². The molecule has 1 aromatic carbocycles. The highest BCUT2D eigenvalue weighted by Crippen LogP contribution is 2.20. The van der Waals surface area contributed by atoms with E-state index in [0.29, 0.717) is 17.4 Å². The first-order chi connectivity index (χ1) is 7.90. The summed E-state index contributed by atoms with van der Waals surface area (Å²) in [4.78, 5) is 11.8. The lowest BCUT2D eigenvalue weighted by atomic mass is 10.0. The van der Waals surface area contributed by atoms with Gasteiger partial charge < -0.3 is 11.1 Å². The van der Waals surface area contributed by atoms with Crippen LogP contribution in [0.3, 0.4) is 0 Å². The normalized spacial score (nSPS) is 11.9. The summed E-state index contributed by atoms with van der Waals surface area (Å²) in [6.45, 7) is 6.00. The van der Waals surface area contributed by atoms with E-state index in [4.69, 9.17) is 17.3 Å². The van der Waals surface area contributed by atoms with E-state index in [1.807, 2.05) is 26.8 Å². The van der Waals surface area contributed by atoms with Crippen molar-refractivity contribution < 1.29 is 4.79 Å². The maximum atomic E-state index is 11.8. The fraction of sp³-hybridized carbons (Fsp3) is 0.462. The first-order valence-electron chi connectivity index (χ1n) is 5.72. The van der Waals surface area contributed by atoms with Gasteiger partial charge in [-0.1, -0.05) is 31.5 Å². The van der Waals surface area contributed by atoms with Crippen LogP contribution in [0.15, 0.2) is 18.2 Å². The first kappa shape index (κ1) is 17.2. The monoisotopic (exact) mass is 290 g/mol. The number of halogens is 2. The highest BCUT2D eigenvalue weighted by atomic mass is 35.5. The molecule has 0 spiro atoms. The number of benzene rings is 1. The topological polar surface area (TPSA) is 55.1 Å². The molecule has 0 aliphatic rings. The summed E-state index contributed by atoms with van der Waals surface area (Å²) >= 11 is 5.88. The molecule has 0 aliphatic carbocycles. The Kier molecular flexibility index (Phi) is 7.29. The lowest BCUT2D eigenvalue weighted by Crippen LogP contribution is -2.36. The minimum atomic E-state index is -0.478. The summed E-state index contributed by atoms with van der Waals surface area (Å²) in [5.41, 5.74) is 7.50. The molecule has 3 N–H and O–H groups in total. The fourth-order valence-electron chi connectivity index (χ4n) is 1.57. The van der Waals surface area contributed by atoms with Gasteiger partial charge >= 0.3 is 0 Å². The molecule has 0 saturated carbocycles. The van der Waals surface area contributed by atoms with Crippen LogP contribution in [-0.4, -0.2) is 11.9 Å². The van der Waals surface area contributed by atoms with Gasteiger partial charge in [0.2, 0.25) is 5.91 Å². The molecular weight excluding hydrogens is 271 g/mol. The summed E-state index contributed by atoms with van der Waals surface area (Å²) in [6.07, 6.45) is 0.672. The Hall–Kier alpha value is -0.770. The van der Waals surface area contributed by atoms with Crippen LogP contribution < -0.4 is 11.1 Å². The highest BCUT2D eigenvalue weighted by Gasteiger charge is 2.15. The standard InChI is InChI=1S/C13H19ClN2O.ClH/c1-8(2)6-11(15)13(17)16-12-7-10(14)5-4-9(12)3;/h4-5,7-8,11H,6,15H2,1-3H3,(H,16,17);1H/t11-;/m0./s1. The van der Waals surface area contributed by atoms with Crippen LogP contribution in [0, 0.1) is 12.8 Å². The average molecular weight is 291 g/mol. The van der Waals surface area contributed by atoms with Crippen LogP contribution >= 0.6 is 24.0 Å². The molecule has 0 bridgehead atoms. The lowest BCUT2D eigenvalue weighted by molar-refractivity contribution is -0.117. The number of nitrogens with one attached hydrogen (secondary N) is 1. The van der Waals surface area contributed by atoms with Crippen LogP contribution in [-0.2, 0) is 4.79 Å². The number of carbonyl (C=O) groups is 1. The molecule has 0 aromatic heterocycles. The van der Waals surface area contributed by atoms with Crippen molar-refractivity contribution in [3.63, 3.8) is 0 Å². The minimum absolute atomic E-state index is 0. The zero-order valence-electron chi connectivity index (χ0n) is 10.9. The van der Waals surface area contributed by atoms with Crippen molar-refractivity contribution in [3.8, 4) is 0 Å². The van der Waals surface area contributed by atoms with Crippen LogP contribution in [0.25, 0.3) is 0 Å². The van der Waals surface area contributed by atoms with Gasteiger partial charge in [0, 0.05) is 10.7 Å². The SMILES string of the molecule is Cc1ccc(Cl)cc1NC(=O)[C@@H](N)CC(C)C.Cl. The number of hydrogen-bond acceptors (Lipinski definition) is 2. The van der Waals surface area contributed by atoms with Crippen molar-refractivity contribution in [1.82, 2.24) is 0 Å². The van der Waals surface area contributed by atoms with Crippen LogP contribution in [0.5, 0.6) is 0 Å². The molecule has 1 aromatic rings. The Morgan fingerprint density at radius 3 is 2.61 bits per heavy atom. The van der Waals surface area contributed by atoms with Gasteiger partial charge in [-0.25, -0.2) is 0 Å². The fourth-order valence-corrected chi connectivity index (χ4v) is 1.74. The van der Waals surface area contributed by atoms with Gasteiger partial charge in [-0.05, 0) is 37.0 Å². The smallest absolute Gasteiger partial charge is 0.241 e. The van der Waals surface area contributed by atoms with Crippen molar-refractivity contribution in [2.75, 3.05) is 5.32 Å². The van der Waals surface area contributed by atoms with Crippen LogP contribution in [0.2, 0.25) is 5.02 Å². The second-order valence-corrected chi connectivity index (χ2v) is 5.12. The van der Waals surface area contributed by atoms with Gasteiger partial charge in [0.05, 0.1) is 6.04 Å². The molecule has 5 heteroatoms. The van der Waals surface area contributed by atoms with Crippen molar-refractivity contribution in [1.29, 1.82) is 0 Å². The summed E-state index contributed by atoms with van der Waals surface area (Å²) in [7, 11) is 0. The van der Waals surface area contributed by atoms with E-state index < -0.39 is 6.04 Å². The van der Waals surface area contributed by atoms with Crippen molar-refractivity contribution in [2.24, 2.45) is 11.7 Å². The summed E-state index contributed by atoms with van der Waals surface area (Å²) in [5, 5.41) is 3.41. The van der Waals surface area contributed by atoms with E-state index in [2.05, 4.69) is 5.32 Å². The Morgan fingerprint density at radius 2 is 2.06 bits per heavy atom. The largest absolute Gasteiger partial charge is 0.324 e. The predicted molar refractivity (Wildman–Crippen MR) is 79.5 cm³/mol. The molecule has 3 nitrogen and oxygen atoms in total. The second kappa shape index (κ2) is 7.62. The van der Waals surface area contributed by atoms with Crippen LogP contribution in [0.1, 0.15) is 25.8 Å². The average Bonchev–Trinajstić information content (AvgIpc) is 2.22. The van der Waals surface area contributed by atoms with Crippen molar-refractivity contribution in [2.45, 2.75) is 33.2 Å². The Balaban J connectivity index is 0.00000289. The zero-order chi connectivity index (χ0) is 13.0. The summed E-state index contributed by atoms with van der Waals surface area (Å²) < 4.78 is 0. The molecule has 0 saturated heterocycles. The van der Waals surface area contributed by atoms with E-state index in [1.165, 1.54) is 0 Å². The minimum Gasteiger partial charge on any atom is -0.324 e. The van der Waals surface area contributed by atoms with Crippen molar-refractivity contribution >= 4 is 35.6 Å². The first-order valence-corrected chi connectivity index (χ1v) is 6.10. The lowest BCUT2D eigenvalue weighted by Gasteiger charge is -2.15. The molecule has 0 aliphatic heterocycles. The van der Waals surface area contributed by atoms with E-state index in [0.717, 1.165) is 11.3 Å². The molecule has 18 heavy (non-hydrogen) atoms. The maximum Gasteiger partial charge on any atom is 0.241 e. The summed E-state index contributed by atoms with van der Waals surface area (Å²) in [6, 6.07) is 4.91. The number of anilines is 1. The number of carbonyl (C=O) groups excluding carboxylic acids is 1. The number of rotatable bonds is 4. The van der Waals surface area contributed by atoms with Gasteiger partial charge in [0.15, 0.2) is 0 Å². The molecule has 1 rings (SSSR count). The maximum absolute atomic E-state index is 11.8. The second-order valence-electron chi connectivity index (χ2n) is 4.68. The Bertz CT molecular complexity index is 408. The van der Waals surface area contributed by atoms with Crippen molar-refractivity contribution in [3.05, 3.63) is 28.8 Å². The van der Waals surface area contributed by atoms with E-state index in [-0.39, 0.29) is 18.3 Å². The molecule has 0 fully saturated rings. The van der Waals surface area contributed by atoms with Gasteiger partial charge in [0.25, 0.3) is 0 Å². The van der Waals surface area contributed by atoms with Gasteiger partial charge in [-0.3, -0.25) is 4.79 Å². The number of aryl methyl sites for hydroxylation is 1. The van der Waals surface area contributed by atoms with E-state index in [9.17, 15) is 4.79 Å². The molecule has 0 unspecified atom stereocenters. The number of amides is 1. The molecule has 102 valence electrons. The van der Waals surface area contributed by atoms with E-state index in [1.54, 1.807) is 12.1 Å². The summed E-state index contributed by atoms with van der Waals surface area (Å²) in [5.74, 6) is 0.236. The molecular formula is C13H20Cl2N2O. The van der Waals surface area contributed by atoms with Gasteiger partial charge in [-0.2, -0.15) is 0 Å². The Labute approximate surface area is 119 Å². The predicted octanol–water partition coefficient (Wildman–Crippen LogP) is 3.38. The van der Waals surface area contributed by atoms with Crippen LogP contribution in [0.4, 0.5) is 5.69 Å². The third-order valence-electron chi connectivity index (χ3n) is 2.52. The third kappa shape index (κ3) is 5.25. The zero-order valence-corrected chi connectivity index (χ0v) is 12.4. The quantitative estimate of drug-likeness (QED) is 0.893. The Morgan fingerprint density at radius 1 is 1.44 bits per heavy atom. The number of hydrogen-bond donors (Lipinski definition) is 2. The highest BCUT2D eigenvalue weighted by molar-refractivity contribution is 6.31. The molecule has 0 radical (unpaired) electrons. The van der Waals surface area contributed by atoms with E-state index >= 15 is 0 Å². The molecule has 1 atom stereocenters. The van der Waals surface area contributed by atoms with Gasteiger partial charge in [0.1, 0.15) is 0 Å². The number of nitrogens with two attached hydrogens (primary N) is 1. The third-order valence-corrected chi connectivity index (χ3v) is 2.75. The molecule has 1 amide bonds.